The fourth-order valence-corrected chi connectivity index (χ4v) is 2.56. The van der Waals surface area contributed by atoms with Crippen LogP contribution in [0.1, 0.15) is 32.1 Å². The summed E-state index contributed by atoms with van der Waals surface area (Å²) in [4.78, 5) is 10.5. The van der Waals surface area contributed by atoms with Crippen LogP contribution in [0.2, 0.25) is 0 Å². The van der Waals surface area contributed by atoms with Gasteiger partial charge in [-0.3, -0.25) is 4.79 Å². The second-order valence-corrected chi connectivity index (χ2v) is 5.73. The number of rotatable bonds is 4. The molecule has 1 aliphatic rings. The van der Waals surface area contributed by atoms with Crippen molar-refractivity contribution >= 4 is 17.7 Å². The summed E-state index contributed by atoms with van der Waals surface area (Å²) in [6.45, 7) is 6.30. The Labute approximate surface area is 98.3 Å². The van der Waals surface area contributed by atoms with Crippen LogP contribution in [0.15, 0.2) is 5.16 Å². The number of carboxylic acids is 1. The van der Waals surface area contributed by atoms with E-state index < -0.39 is 5.97 Å². The highest BCUT2D eigenvalue weighted by atomic mass is 32.2. The predicted molar refractivity (Wildman–Crippen MR) is 60.6 cm³/mol. The number of nitrogens with zero attached hydrogens (tertiary/aromatic N) is 3. The molecule has 5 nitrogen and oxygen atoms in total. The molecule has 1 heterocycles. The SMILES string of the molecule is Cc1nnc(SCC(=O)O)n1C1CC1(C)C. The van der Waals surface area contributed by atoms with Crippen molar-refractivity contribution in [1.29, 1.82) is 0 Å². The first-order valence-electron chi connectivity index (χ1n) is 5.18. The Kier molecular flexibility index (Phi) is 2.69. The first-order chi connectivity index (χ1) is 7.42. The van der Waals surface area contributed by atoms with Crippen molar-refractivity contribution in [3.63, 3.8) is 0 Å². The van der Waals surface area contributed by atoms with Gasteiger partial charge in [0.2, 0.25) is 0 Å². The van der Waals surface area contributed by atoms with Gasteiger partial charge in [-0.05, 0) is 18.8 Å². The summed E-state index contributed by atoms with van der Waals surface area (Å²) in [6.07, 6.45) is 1.10. The van der Waals surface area contributed by atoms with Gasteiger partial charge in [-0.15, -0.1) is 10.2 Å². The lowest BCUT2D eigenvalue weighted by atomic mass is 10.2. The van der Waals surface area contributed by atoms with Crippen LogP contribution in [0.5, 0.6) is 0 Å². The van der Waals surface area contributed by atoms with Crippen molar-refractivity contribution in [2.45, 2.75) is 38.4 Å². The Morgan fingerprint density at radius 2 is 2.25 bits per heavy atom. The van der Waals surface area contributed by atoms with E-state index in [1.54, 1.807) is 0 Å². The standard InChI is InChI=1S/C10H15N3O2S/c1-6-11-12-9(16-5-8(14)15)13(6)7-4-10(7,2)3/h7H,4-5H2,1-3H3,(H,14,15). The minimum atomic E-state index is -0.827. The van der Waals surface area contributed by atoms with Gasteiger partial charge >= 0.3 is 5.97 Å². The summed E-state index contributed by atoms with van der Waals surface area (Å²) in [5.41, 5.74) is 0.283. The van der Waals surface area contributed by atoms with E-state index in [9.17, 15) is 4.79 Å². The van der Waals surface area contributed by atoms with Crippen LogP contribution < -0.4 is 0 Å². The molecule has 0 bridgehead atoms. The molecular weight excluding hydrogens is 226 g/mol. The highest BCUT2D eigenvalue weighted by molar-refractivity contribution is 7.99. The molecule has 0 amide bonds. The molecular formula is C10H15N3O2S. The smallest absolute Gasteiger partial charge is 0.313 e. The number of aliphatic carboxylic acids is 1. The molecule has 1 aromatic heterocycles. The van der Waals surface area contributed by atoms with E-state index >= 15 is 0 Å². The molecule has 0 aliphatic heterocycles. The average Bonchev–Trinajstić information content (AvgIpc) is 2.64. The third-order valence-electron chi connectivity index (χ3n) is 2.93. The van der Waals surface area contributed by atoms with E-state index in [4.69, 9.17) is 5.11 Å². The largest absolute Gasteiger partial charge is 0.481 e. The van der Waals surface area contributed by atoms with Gasteiger partial charge in [-0.25, -0.2) is 0 Å². The lowest BCUT2D eigenvalue weighted by molar-refractivity contribution is -0.133. The molecule has 88 valence electrons. The molecule has 0 spiro atoms. The molecule has 1 saturated carbocycles. The predicted octanol–water partition coefficient (Wildman–Crippen LogP) is 1.73. The maximum absolute atomic E-state index is 10.5. The van der Waals surface area contributed by atoms with Crippen LogP contribution in [-0.4, -0.2) is 31.6 Å². The Morgan fingerprint density at radius 1 is 1.62 bits per heavy atom. The van der Waals surface area contributed by atoms with Crippen molar-refractivity contribution in [3.05, 3.63) is 5.82 Å². The van der Waals surface area contributed by atoms with E-state index in [0.717, 1.165) is 17.4 Å². The normalized spacial score (nSPS) is 22.1. The fourth-order valence-electron chi connectivity index (χ4n) is 1.81. The minimum absolute atomic E-state index is 0.0330. The zero-order valence-corrected chi connectivity index (χ0v) is 10.4. The molecule has 0 aromatic carbocycles. The van der Waals surface area contributed by atoms with Crippen molar-refractivity contribution in [3.8, 4) is 0 Å². The number of carboxylic acid groups (broad SMARTS) is 1. The zero-order valence-electron chi connectivity index (χ0n) is 9.60. The summed E-state index contributed by atoms with van der Waals surface area (Å²) >= 11 is 1.23. The molecule has 6 heteroatoms. The third kappa shape index (κ3) is 2.07. The van der Waals surface area contributed by atoms with Crippen LogP contribution in [0.25, 0.3) is 0 Å². The second-order valence-electron chi connectivity index (χ2n) is 4.79. The molecule has 2 rings (SSSR count). The van der Waals surface area contributed by atoms with Crippen molar-refractivity contribution < 1.29 is 9.90 Å². The quantitative estimate of drug-likeness (QED) is 0.813. The highest BCUT2D eigenvalue weighted by Crippen LogP contribution is 2.56. The fraction of sp³-hybridized carbons (Fsp3) is 0.700. The summed E-state index contributed by atoms with van der Waals surface area (Å²) in [5.74, 6) is 0.0707. The number of aromatic nitrogens is 3. The average molecular weight is 241 g/mol. The van der Waals surface area contributed by atoms with Crippen molar-refractivity contribution in [2.24, 2.45) is 5.41 Å². The van der Waals surface area contributed by atoms with Gasteiger partial charge in [0.05, 0.1) is 5.75 Å². The molecule has 1 N–H and O–H groups in total. The Morgan fingerprint density at radius 3 is 2.75 bits per heavy atom. The van der Waals surface area contributed by atoms with Gasteiger partial charge in [0.15, 0.2) is 5.16 Å². The van der Waals surface area contributed by atoms with Crippen LogP contribution in [0, 0.1) is 12.3 Å². The van der Waals surface area contributed by atoms with Gasteiger partial charge in [0.1, 0.15) is 5.82 Å². The van der Waals surface area contributed by atoms with Crippen LogP contribution >= 0.6 is 11.8 Å². The number of aryl methyl sites for hydroxylation is 1. The molecule has 1 fully saturated rings. The minimum Gasteiger partial charge on any atom is -0.481 e. The van der Waals surface area contributed by atoms with Crippen LogP contribution in [0.4, 0.5) is 0 Å². The number of hydrogen-bond donors (Lipinski definition) is 1. The van der Waals surface area contributed by atoms with Crippen LogP contribution in [0.3, 0.4) is 0 Å². The maximum atomic E-state index is 10.5. The molecule has 1 aromatic rings. The molecule has 0 saturated heterocycles. The van der Waals surface area contributed by atoms with Crippen LogP contribution in [-0.2, 0) is 4.79 Å². The monoisotopic (exact) mass is 241 g/mol. The highest BCUT2D eigenvalue weighted by Gasteiger charge is 2.48. The lowest BCUT2D eigenvalue weighted by Gasteiger charge is -2.09. The van der Waals surface area contributed by atoms with Crippen molar-refractivity contribution in [1.82, 2.24) is 14.8 Å². The van der Waals surface area contributed by atoms with E-state index in [1.165, 1.54) is 11.8 Å². The number of thioether (sulfide) groups is 1. The molecule has 0 radical (unpaired) electrons. The van der Waals surface area contributed by atoms with Crippen molar-refractivity contribution in [2.75, 3.05) is 5.75 Å². The maximum Gasteiger partial charge on any atom is 0.313 e. The molecule has 1 aliphatic carbocycles. The second kappa shape index (κ2) is 3.76. The summed E-state index contributed by atoms with van der Waals surface area (Å²) in [6, 6.07) is 0.416. The third-order valence-corrected chi connectivity index (χ3v) is 3.86. The summed E-state index contributed by atoms with van der Waals surface area (Å²) in [5, 5.41) is 17.4. The first kappa shape index (κ1) is 11.4. The van der Waals surface area contributed by atoms with Gasteiger partial charge < -0.3 is 9.67 Å². The van der Waals surface area contributed by atoms with Gasteiger partial charge in [-0.1, -0.05) is 25.6 Å². The van der Waals surface area contributed by atoms with E-state index in [2.05, 4.69) is 28.6 Å². The number of carbonyl (C=O) groups is 1. The summed E-state index contributed by atoms with van der Waals surface area (Å²) < 4.78 is 2.06. The topological polar surface area (TPSA) is 68.0 Å². The Balaban J connectivity index is 2.17. The Bertz CT molecular complexity index is 428. The Hall–Kier alpha value is -1.04. The van der Waals surface area contributed by atoms with E-state index in [-0.39, 0.29) is 11.2 Å². The van der Waals surface area contributed by atoms with E-state index in [0.29, 0.717) is 6.04 Å². The molecule has 1 atom stereocenters. The van der Waals surface area contributed by atoms with Gasteiger partial charge in [-0.2, -0.15) is 0 Å². The molecule has 16 heavy (non-hydrogen) atoms. The van der Waals surface area contributed by atoms with Gasteiger partial charge in [0, 0.05) is 6.04 Å². The number of hydrogen-bond acceptors (Lipinski definition) is 4. The zero-order chi connectivity index (χ0) is 11.9. The van der Waals surface area contributed by atoms with E-state index in [1.807, 2.05) is 6.92 Å². The molecule has 1 unspecified atom stereocenters. The van der Waals surface area contributed by atoms with Gasteiger partial charge in [0.25, 0.3) is 0 Å². The first-order valence-corrected chi connectivity index (χ1v) is 6.16. The lowest BCUT2D eigenvalue weighted by Crippen LogP contribution is -2.06. The summed E-state index contributed by atoms with van der Waals surface area (Å²) in [7, 11) is 0.